The number of thiophene rings is 1. The van der Waals surface area contributed by atoms with Gasteiger partial charge in [-0.3, -0.25) is 4.79 Å². The Bertz CT molecular complexity index is 678. The largest absolute Gasteiger partial charge is 0.494 e. The van der Waals surface area contributed by atoms with Gasteiger partial charge in [-0.25, -0.2) is 4.39 Å². The number of carbonyl (C=O) groups is 1. The zero-order valence-electron chi connectivity index (χ0n) is 12.8. The number of nitrogens with one attached hydrogen (secondary N) is 1. The second kappa shape index (κ2) is 8.57. The number of methoxy groups -OCH3 is 1. The third-order valence-corrected chi connectivity index (χ3v) is 5.55. The molecule has 2 rings (SSSR count). The zero-order valence-corrected chi connectivity index (χ0v) is 15.2. The van der Waals surface area contributed by atoms with Crippen LogP contribution >= 0.6 is 34.7 Å². The molecule has 0 aliphatic rings. The molecule has 0 bridgehead atoms. The molecule has 0 spiro atoms. The minimum Gasteiger partial charge on any atom is -0.494 e. The summed E-state index contributed by atoms with van der Waals surface area (Å²) in [5, 5.41) is 2.86. The van der Waals surface area contributed by atoms with E-state index < -0.39 is 5.82 Å². The quantitative estimate of drug-likeness (QED) is 0.767. The van der Waals surface area contributed by atoms with Gasteiger partial charge in [0, 0.05) is 10.6 Å². The molecule has 1 aromatic carbocycles. The van der Waals surface area contributed by atoms with Gasteiger partial charge in [0.15, 0.2) is 11.6 Å². The first kappa shape index (κ1) is 18.1. The van der Waals surface area contributed by atoms with Crippen molar-refractivity contribution in [1.29, 1.82) is 0 Å². The van der Waals surface area contributed by atoms with Crippen molar-refractivity contribution in [2.24, 2.45) is 0 Å². The SMILES string of the molecule is COc1ccc(C(C)NC(=O)CSCc2ccc(Cl)s2)cc1F. The predicted octanol–water partition coefficient (Wildman–Crippen LogP) is 4.66. The van der Waals surface area contributed by atoms with Gasteiger partial charge in [-0.1, -0.05) is 17.7 Å². The third kappa shape index (κ3) is 5.41. The first-order chi connectivity index (χ1) is 11.0. The van der Waals surface area contributed by atoms with Gasteiger partial charge in [0.25, 0.3) is 0 Å². The fraction of sp³-hybridized carbons (Fsp3) is 0.312. The maximum absolute atomic E-state index is 13.7. The molecule has 0 aliphatic carbocycles. The van der Waals surface area contributed by atoms with Crippen LogP contribution in [0.1, 0.15) is 23.4 Å². The molecule has 1 unspecified atom stereocenters. The number of hydrogen-bond acceptors (Lipinski definition) is 4. The average molecular weight is 374 g/mol. The lowest BCUT2D eigenvalue weighted by Gasteiger charge is -2.15. The maximum Gasteiger partial charge on any atom is 0.230 e. The van der Waals surface area contributed by atoms with Gasteiger partial charge in [0.2, 0.25) is 5.91 Å². The summed E-state index contributed by atoms with van der Waals surface area (Å²) >= 11 is 8.90. The molecule has 0 saturated heterocycles. The van der Waals surface area contributed by atoms with E-state index in [4.69, 9.17) is 16.3 Å². The van der Waals surface area contributed by atoms with Gasteiger partial charge in [-0.2, -0.15) is 0 Å². The molecule has 23 heavy (non-hydrogen) atoms. The number of hydrogen-bond donors (Lipinski definition) is 1. The molecular weight excluding hydrogens is 357 g/mol. The van der Waals surface area contributed by atoms with Crippen molar-refractivity contribution < 1.29 is 13.9 Å². The lowest BCUT2D eigenvalue weighted by molar-refractivity contribution is -0.119. The molecule has 0 radical (unpaired) electrons. The molecule has 0 aliphatic heterocycles. The van der Waals surface area contributed by atoms with Crippen LogP contribution in [0.5, 0.6) is 5.75 Å². The highest BCUT2D eigenvalue weighted by atomic mass is 35.5. The fourth-order valence-electron chi connectivity index (χ4n) is 1.99. The average Bonchev–Trinajstić information content (AvgIpc) is 2.92. The van der Waals surface area contributed by atoms with Crippen LogP contribution in [0.2, 0.25) is 4.34 Å². The van der Waals surface area contributed by atoms with Crippen LogP contribution < -0.4 is 10.1 Å². The number of halogens is 2. The van der Waals surface area contributed by atoms with Crippen LogP contribution in [-0.4, -0.2) is 18.8 Å². The Morgan fingerprint density at radius 3 is 2.83 bits per heavy atom. The van der Waals surface area contributed by atoms with E-state index in [0.29, 0.717) is 11.3 Å². The van der Waals surface area contributed by atoms with E-state index >= 15 is 0 Å². The number of rotatable bonds is 7. The lowest BCUT2D eigenvalue weighted by Crippen LogP contribution is -2.28. The maximum atomic E-state index is 13.7. The predicted molar refractivity (Wildman–Crippen MR) is 95.0 cm³/mol. The summed E-state index contributed by atoms with van der Waals surface area (Å²) in [4.78, 5) is 13.1. The molecule has 1 N–H and O–H groups in total. The highest BCUT2D eigenvalue weighted by Gasteiger charge is 2.12. The number of benzene rings is 1. The Hall–Kier alpha value is -1.24. The zero-order chi connectivity index (χ0) is 16.8. The summed E-state index contributed by atoms with van der Waals surface area (Å²) in [5.41, 5.74) is 0.701. The Morgan fingerprint density at radius 1 is 1.43 bits per heavy atom. The Labute approximate surface area is 148 Å². The van der Waals surface area contributed by atoms with Crippen LogP contribution in [0, 0.1) is 5.82 Å². The standard InChI is InChI=1S/C16H17ClFNO2S2/c1-10(11-3-5-14(21-2)13(18)7-11)19-16(20)9-22-8-12-4-6-15(17)23-12/h3-7,10H,8-9H2,1-2H3,(H,19,20). The number of carbonyl (C=O) groups excluding carboxylic acids is 1. The molecular formula is C16H17ClFNO2S2. The van der Waals surface area contributed by atoms with Crippen molar-refractivity contribution in [3.8, 4) is 5.75 Å². The van der Waals surface area contributed by atoms with Crippen molar-refractivity contribution in [3.05, 3.63) is 50.9 Å². The molecule has 1 amide bonds. The highest BCUT2D eigenvalue weighted by Crippen LogP contribution is 2.25. The second-order valence-corrected chi connectivity index (χ2v) is 7.67. The van der Waals surface area contributed by atoms with E-state index in [-0.39, 0.29) is 17.7 Å². The third-order valence-electron chi connectivity index (χ3n) is 3.16. The van der Waals surface area contributed by atoms with Crippen molar-refractivity contribution in [2.45, 2.75) is 18.7 Å². The van der Waals surface area contributed by atoms with Gasteiger partial charge < -0.3 is 10.1 Å². The normalized spacial score (nSPS) is 12.0. The number of ether oxygens (including phenoxy) is 1. The summed E-state index contributed by atoms with van der Waals surface area (Å²) in [7, 11) is 1.42. The minimum atomic E-state index is -0.435. The van der Waals surface area contributed by atoms with Crippen molar-refractivity contribution in [1.82, 2.24) is 5.32 Å². The van der Waals surface area contributed by atoms with Crippen LogP contribution in [0.3, 0.4) is 0 Å². The number of thioether (sulfide) groups is 1. The molecule has 1 atom stereocenters. The van der Waals surface area contributed by atoms with Gasteiger partial charge in [-0.15, -0.1) is 23.1 Å². The highest BCUT2D eigenvalue weighted by molar-refractivity contribution is 7.99. The molecule has 2 aromatic rings. The smallest absolute Gasteiger partial charge is 0.230 e. The van der Waals surface area contributed by atoms with Gasteiger partial charge in [-0.05, 0) is 36.8 Å². The van der Waals surface area contributed by atoms with E-state index in [9.17, 15) is 9.18 Å². The summed E-state index contributed by atoms with van der Waals surface area (Å²) in [5.74, 6) is 0.767. The topological polar surface area (TPSA) is 38.3 Å². The van der Waals surface area contributed by atoms with Crippen LogP contribution in [0.25, 0.3) is 0 Å². The molecule has 7 heteroatoms. The lowest BCUT2D eigenvalue weighted by atomic mass is 10.1. The second-order valence-electron chi connectivity index (χ2n) is 4.88. The molecule has 0 fully saturated rings. The Morgan fingerprint density at radius 2 is 2.22 bits per heavy atom. The van der Waals surface area contributed by atoms with E-state index in [1.54, 1.807) is 12.1 Å². The summed E-state index contributed by atoms with van der Waals surface area (Å²) in [6.45, 7) is 1.82. The molecule has 3 nitrogen and oxygen atoms in total. The van der Waals surface area contributed by atoms with Gasteiger partial charge in [0.1, 0.15) is 0 Å². The fourth-order valence-corrected chi connectivity index (χ4v) is 4.03. The first-order valence-electron chi connectivity index (χ1n) is 6.94. The first-order valence-corrected chi connectivity index (χ1v) is 9.29. The molecule has 1 heterocycles. The van der Waals surface area contributed by atoms with Gasteiger partial charge >= 0.3 is 0 Å². The van der Waals surface area contributed by atoms with Crippen molar-refractivity contribution in [2.75, 3.05) is 12.9 Å². The summed E-state index contributed by atoms with van der Waals surface area (Å²) < 4.78 is 19.3. The van der Waals surface area contributed by atoms with E-state index in [0.717, 1.165) is 15.0 Å². The molecule has 1 aromatic heterocycles. The monoisotopic (exact) mass is 373 g/mol. The van der Waals surface area contributed by atoms with Crippen LogP contribution in [0.15, 0.2) is 30.3 Å². The van der Waals surface area contributed by atoms with Crippen molar-refractivity contribution >= 4 is 40.6 Å². The van der Waals surface area contributed by atoms with Gasteiger partial charge in [0.05, 0.1) is 23.2 Å². The molecule has 124 valence electrons. The Kier molecular flexibility index (Phi) is 6.74. The molecule has 0 saturated carbocycles. The Balaban J connectivity index is 1.81. The number of amides is 1. The minimum absolute atomic E-state index is 0.0821. The van der Waals surface area contributed by atoms with E-state index in [1.807, 2.05) is 19.1 Å². The van der Waals surface area contributed by atoms with E-state index in [1.165, 1.54) is 36.3 Å². The van der Waals surface area contributed by atoms with E-state index in [2.05, 4.69) is 5.32 Å². The van der Waals surface area contributed by atoms with Crippen LogP contribution in [0.4, 0.5) is 4.39 Å². The van der Waals surface area contributed by atoms with Crippen molar-refractivity contribution in [3.63, 3.8) is 0 Å². The summed E-state index contributed by atoms with van der Waals surface area (Å²) in [6, 6.07) is 8.23. The van der Waals surface area contributed by atoms with Crippen LogP contribution in [-0.2, 0) is 10.5 Å². The summed E-state index contributed by atoms with van der Waals surface area (Å²) in [6.07, 6.45) is 0.